The van der Waals surface area contributed by atoms with Crippen molar-refractivity contribution in [3.8, 4) is 11.5 Å². The summed E-state index contributed by atoms with van der Waals surface area (Å²) in [5.41, 5.74) is 1.54. The molecule has 2 rings (SSSR count). The molecule has 0 bridgehead atoms. The molecule has 0 atom stereocenters. The second-order valence-corrected chi connectivity index (χ2v) is 5.11. The Hall–Kier alpha value is -2.83. The largest absolute Gasteiger partial charge is 0.494 e. The van der Waals surface area contributed by atoms with Crippen molar-refractivity contribution >= 4 is 11.7 Å². The second kappa shape index (κ2) is 9.46. The summed E-state index contributed by atoms with van der Waals surface area (Å²) >= 11 is 0. The van der Waals surface area contributed by atoms with Gasteiger partial charge in [0.1, 0.15) is 11.5 Å². The van der Waals surface area contributed by atoms with Crippen LogP contribution >= 0.6 is 0 Å². The summed E-state index contributed by atoms with van der Waals surface area (Å²) in [7, 11) is 0. The van der Waals surface area contributed by atoms with E-state index >= 15 is 0 Å². The van der Waals surface area contributed by atoms with Crippen molar-refractivity contribution < 1.29 is 23.0 Å². The average molecular weight is 350 g/mol. The molecule has 0 saturated heterocycles. The van der Waals surface area contributed by atoms with Gasteiger partial charge in [-0.25, -0.2) is 4.79 Å². The zero-order valence-electron chi connectivity index (χ0n) is 13.8. The Kier molecular flexibility index (Phi) is 7.00. The Labute approximate surface area is 144 Å². The van der Waals surface area contributed by atoms with Gasteiger partial charge in [0.2, 0.25) is 0 Å². The monoisotopic (exact) mass is 350 g/mol. The van der Waals surface area contributed by atoms with E-state index in [2.05, 4.69) is 15.4 Å². The van der Waals surface area contributed by atoms with Gasteiger partial charge in [-0.3, -0.25) is 0 Å². The number of ether oxygens (including phenoxy) is 2. The fraction of sp³-hybridized carbons (Fsp3) is 0.278. The SMILES string of the molecule is CCOc1cccc(CCNC(=O)Nc2ccc(OC(F)F)cc2)c1. The number of carbonyl (C=O) groups is 1. The van der Waals surface area contributed by atoms with E-state index in [4.69, 9.17) is 4.74 Å². The molecule has 2 aromatic carbocycles. The molecule has 2 N–H and O–H groups in total. The summed E-state index contributed by atoms with van der Waals surface area (Å²) in [6.07, 6.45) is 0.662. The third-order valence-electron chi connectivity index (χ3n) is 3.25. The molecule has 2 amide bonds. The quantitative estimate of drug-likeness (QED) is 0.755. The number of hydrogen-bond donors (Lipinski definition) is 2. The summed E-state index contributed by atoms with van der Waals surface area (Å²) in [4.78, 5) is 11.8. The number of anilines is 1. The smallest absolute Gasteiger partial charge is 0.387 e. The minimum absolute atomic E-state index is 0.0372. The van der Waals surface area contributed by atoms with Gasteiger partial charge in [0, 0.05) is 12.2 Å². The fourth-order valence-corrected chi connectivity index (χ4v) is 2.17. The molecule has 0 saturated carbocycles. The summed E-state index contributed by atoms with van der Waals surface area (Å²) in [5, 5.41) is 5.36. The molecule has 5 nitrogen and oxygen atoms in total. The van der Waals surface area contributed by atoms with Gasteiger partial charge >= 0.3 is 12.6 Å². The molecular weight excluding hydrogens is 330 g/mol. The van der Waals surface area contributed by atoms with Crippen LogP contribution in [0.2, 0.25) is 0 Å². The first kappa shape index (κ1) is 18.5. The van der Waals surface area contributed by atoms with E-state index in [9.17, 15) is 13.6 Å². The third kappa shape index (κ3) is 6.66. The van der Waals surface area contributed by atoms with Crippen LogP contribution < -0.4 is 20.1 Å². The number of halogens is 2. The lowest BCUT2D eigenvalue weighted by Gasteiger charge is -2.09. The van der Waals surface area contributed by atoms with E-state index in [-0.39, 0.29) is 11.8 Å². The molecule has 7 heteroatoms. The van der Waals surface area contributed by atoms with Crippen molar-refractivity contribution in [1.82, 2.24) is 5.32 Å². The lowest BCUT2D eigenvalue weighted by atomic mass is 10.1. The van der Waals surface area contributed by atoms with Gasteiger partial charge in [0.15, 0.2) is 0 Å². The van der Waals surface area contributed by atoms with Crippen LogP contribution in [0, 0.1) is 0 Å². The summed E-state index contributed by atoms with van der Waals surface area (Å²) < 4.78 is 33.8. The fourth-order valence-electron chi connectivity index (χ4n) is 2.17. The highest BCUT2D eigenvalue weighted by Crippen LogP contribution is 2.17. The lowest BCUT2D eigenvalue weighted by molar-refractivity contribution is -0.0498. The number of alkyl halides is 2. The number of carbonyl (C=O) groups excluding carboxylic acids is 1. The van der Waals surface area contributed by atoms with Crippen LogP contribution in [0.5, 0.6) is 11.5 Å². The van der Waals surface area contributed by atoms with Crippen molar-refractivity contribution in [2.45, 2.75) is 20.0 Å². The molecule has 0 spiro atoms. The van der Waals surface area contributed by atoms with Crippen LogP contribution in [0.25, 0.3) is 0 Å². The highest BCUT2D eigenvalue weighted by atomic mass is 19.3. The molecule has 25 heavy (non-hydrogen) atoms. The van der Waals surface area contributed by atoms with Crippen LogP contribution in [0.15, 0.2) is 48.5 Å². The number of nitrogens with one attached hydrogen (secondary N) is 2. The predicted octanol–water partition coefficient (Wildman–Crippen LogP) is 4.05. The number of benzene rings is 2. The summed E-state index contributed by atoms with van der Waals surface area (Å²) in [6, 6.07) is 13.0. The van der Waals surface area contributed by atoms with Crippen molar-refractivity contribution in [2.24, 2.45) is 0 Å². The maximum absolute atomic E-state index is 12.1. The Morgan fingerprint density at radius 1 is 1.12 bits per heavy atom. The first-order chi connectivity index (χ1) is 12.1. The molecule has 134 valence electrons. The van der Waals surface area contributed by atoms with Crippen LogP contribution in [0.1, 0.15) is 12.5 Å². The highest BCUT2D eigenvalue weighted by Gasteiger charge is 2.05. The van der Waals surface area contributed by atoms with E-state index in [1.807, 2.05) is 31.2 Å². The van der Waals surface area contributed by atoms with Crippen LogP contribution in [-0.2, 0) is 6.42 Å². The average Bonchev–Trinajstić information content (AvgIpc) is 2.57. The second-order valence-electron chi connectivity index (χ2n) is 5.11. The molecule has 0 aromatic heterocycles. The topological polar surface area (TPSA) is 59.6 Å². The first-order valence-electron chi connectivity index (χ1n) is 7.88. The molecule has 0 unspecified atom stereocenters. The molecule has 2 aromatic rings. The minimum Gasteiger partial charge on any atom is -0.494 e. The number of urea groups is 1. The van der Waals surface area contributed by atoms with Gasteiger partial charge in [-0.1, -0.05) is 12.1 Å². The van der Waals surface area contributed by atoms with Gasteiger partial charge < -0.3 is 20.1 Å². The van der Waals surface area contributed by atoms with Crippen molar-refractivity contribution in [3.63, 3.8) is 0 Å². The van der Waals surface area contributed by atoms with Crippen molar-refractivity contribution in [3.05, 3.63) is 54.1 Å². The van der Waals surface area contributed by atoms with E-state index in [1.54, 1.807) is 0 Å². The van der Waals surface area contributed by atoms with E-state index in [0.29, 0.717) is 25.3 Å². The van der Waals surface area contributed by atoms with Crippen LogP contribution in [-0.4, -0.2) is 25.8 Å². The van der Waals surface area contributed by atoms with E-state index in [1.165, 1.54) is 24.3 Å². The minimum atomic E-state index is -2.87. The van der Waals surface area contributed by atoms with E-state index in [0.717, 1.165) is 11.3 Å². The van der Waals surface area contributed by atoms with Crippen molar-refractivity contribution in [2.75, 3.05) is 18.5 Å². The number of hydrogen-bond acceptors (Lipinski definition) is 3. The van der Waals surface area contributed by atoms with Gasteiger partial charge in [0.05, 0.1) is 6.61 Å². The predicted molar refractivity (Wildman–Crippen MR) is 91.4 cm³/mol. The Morgan fingerprint density at radius 3 is 2.56 bits per heavy atom. The summed E-state index contributed by atoms with van der Waals surface area (Å²) in [5.74, 6) is 0.839. The Balaban J connectivity index is 1.76. The molecule has 0 aliphatic heterocycles. The highest BCUT2D eigenvalue weighted by molar-refractivity contribution is 5.89. The lowest BCUT2D eigenvalue weighted by Crippen LogP contribution is -2.30. The van der Waals surface area contributed by atoms with Gasteiger partial charge in [-0.2, -0.15) is 8.78 Å². The van der Waals surface area contributed by atoms with Gasteiger partial charge in [-0.05, 0) is 55.3 Å². The van der Waals surface area contributed by atoms with Gasteiger partial charge in [0.25, 0.3) is 0 Å². The Morgan fingerprint density at radius 2 is 1.88 bits per heavy atom. The molecule has 0 aliphatic carbocycles. The van der Waals surface area contributed by atoms with E-state index < -0.39 is 6.61 Å². The normalized spacial score (nSPS) is 10.4. The zero-order chi connectivity index (χ0) is 18.1. The van der Waals surface area contributed by atoms with Crippen LogP contribution in [0.4, 0.5) is 19.3 Å². The molecule has 0 aliphatic rings. The molecular formula is C18H20F2N2O3. The standard InChI is InChI=1S/C18H20F2N2O3/c1-2-24-16-5-3-4-13(12-16)10-11-21-18(23)22-14-6-8-15(9-7-14)25-17(19)20/h3-9,12,17H,2,10-11H2,1H3,(H2,21,22,23). The maximum atomic E-state index is 12.1. The number of amides is 2. The zero-order valence-corrected chi connectivity index (χ0v) is 13.8. The molecule has 0 fully saturated rings. The third-order valence-corrected chi connectivity index (χ3v) is 3.25. The van der Waals surface area contributed by atoms with Gasteiger partial charge in [-0.15, -0.1) is 0 Å². The first-order valence-corrected chi connectivity index (χ1v) is 7.88. The molecule has 0 heterocycles. The van der Waals surface area contributed by atoms with Crippen LogP contribution in [0.3, 0.4) is 0 Å². The molecule has 0 radical (unpaired) electrons. The maximum Gasteiger partial charge on any atom is 0.387 e. The summed E-state index contributed by atoms with van der Waals surface area (Å²) in [6.45, 7) is 0.104. The van der Waals surface area contributed by atoms with Crippen molar-refractivity contribution in [1.29, 1.82) is 0 Å². The Bertz CT molecular complexity index is 678. The number of rotatable bonds is 8.